The average molecular weight is 397 g/mol. The highest BCUT2D eigenvalue weighted by Gasteiger charge is 2.28. The van der Waals surface area contributed by atoms with Gasteiger partial charge in [0.05, 0.1) is 5.56 Å². The van der Waals surface area contributed by atoms with Crippen LogP contribution in [0.15, 0.2) is 48.5 Å². The van der Waals surface area contributed by atoms with Crippen LogP contribution in [0.4, 0.5) is 13.8 Å². The van der Waals surface area contributed by atoms with Gasteiger partial charge in [-0.25, -0.2) is 8.78 Å². The number of carbonyl (C=O) groups is 2. The highest BCUT2D eigenvalue weighted by atomic mass is 32.1. The summed E-state index contributed by atoms with van der Waals surface area (Å²) in [5, 5.41) is 2.95. The van der Waals surface area contributed by atoms with Gasteiger partial charge < -0.3 is 5.32 Å². The maximum atomic E-state index is 14.0. The van der Waals surface area contributed by atoms with E-state index in [0.717, 1.165) is 48.3 Å². The average Bonchev–Trinajstić information content (AvgIpc) is 3.05. The molecule has 1 amide bonds. The van der Waals surface area contributed by atoms with Gasteiger partial charge in [0.25, 0.3) is 5.91 Å². The molecule has 142 valence electrons. The Kier molecular flexibility index (Phi) is 5.05. The van der Waals surface area contributed by atoms with Gasteiger partial charge in [0, 0.05) is 10.4 Å². The maximum absolute atomic E-state index is 14.0. The highest BCUT2D eigenvalue weighted by Crippen LogP contribution is 2.39. The SMILES string of the molecule is O=C(Nc1sc2c(c1C(=O)c1ccccc1)CCCC2)c1c(F)cccc1F. The molecule has 0 saturated carbocycles. The zero-order valence-corrected chi connectivity index (χ0v) is 15.7. The summed E-state index contributed by atoms with van der Waals surface area (Å²) in [6, 6.07) is 12.1. The second kappa shape index (κ2) is 7.64. The van der Waals surface area contributed by atoms with E-state index in [1.165, 1.54) is 17.4 Å². The topological polar surface area (TPSA) is 46.2 Å². The monoisotopic (exact) mass is 397 g/mol. The Morgan fingerprint density at radius 1 is 0.857 bits per heavy atom. The molecule has 1 aliphatic carbocycles. The van der Waals surface area contributed by atoms with Crippen molar-refractivity contribution in [2.24, 2.45) is 0 Å². The van der Waals surface area contributed by atoms with Gasteiger partial charge in [-0.15, -0.1) is 11.3 Å². The van der Waals surface area contributed by atoms with Gasteiger partial charge >= 0.3 is 0 Å². The molecule has 2 aromatic carbocycles. The van der Waals surface area contributed by atoms with E-state index >= 15 is 0 Å². The molecule has 6 heteroatoms. The van der Waals surface area contributed by atoms with Crippen LogP contribution in [-0.2, 0) is 12.8 Å². The van der Waals surface area contributed by atoms with Crippen LogP contribution in [0.3, 0.4) is 0 Å². The van der Waals surface area contributed by atoms with E-state index in [0.29, 0.717) is 16.1 Å². The Hall–Kier alpha value is -2.86. The molecule has 1 heterocycles. The normalized spacial score (nSPS) is 13.1. The summed E-state index contributed by atoms with van der Waals surface area (Å²) in [5.74, 6) is -2.95. The second-order valence-electron chi connectivity index (χ2n) is 6.66. The van der Waals surface area contributed by atoms with Crippen molar-refractivity contribution in [3.8, 4) is 0 Å². The van der Waals surface area contributed by atoms with Gasteiger partial charge in [0.15, 0.2) is 5.78 Å². The summed E-state index contributed by atoms with van der Waals surface area (Å²) in [6.07, 6.45) is 3.57. The number of carbonyl (C=O) groups excluding carboxylic acids is 2. The number of fused-ring (bicyclic) bond motifs is 1. The van der Waals surface area contributed by atoms with Crippen molar-refractivity contribution in [3.63, 3.8) is 0 Å². The first kappa shape index (κ1) is 18.5. The smallest absolute Gasteiger partial charge is 0.262 e. The summed E-state index contributed by atoms with van der Waals surface area (Å²) < 4.78 is 28.0. The zero-order valence-electron chi connectivity index (χ0n) is 14.9. The molecule has 0 atom stereocenters. The van der Waals surface area contributed by atoms with E-state index < -0.39 is 23.1 Å². The molecule has 0 fully saturated rings. The van der Waals surface area contributed by atoms with Crippen LogP contribution in [-0.4, -0.2) is 11.7 Å². The Morgan fingerprint density at radius 2 is 1.54 bits per heavy atom. The van der Waals surface area contributed by atoms with Crippen LogP contribution in [0.2, 0.25) is 0 Å². The van der Waals surface area contributed by atoms with Crippen LogP contribution < -0.4 is 5.32 Å². The minimum atomic E-state index is -0.935. The Bertz CT molecular complexity index is 1040. The van der Waals surface area contributed by atoms with Gasteiger partial charge in [-0.1, -0.05) is 36.4 Å². The zero-order chi connectivity index (χ0) is 19.7. The van der Waals surface area contributed by atoms with Crippen molar-refractivity contribution in [2.45, 2.75) is 25.7 Å². The molecule has 0 aliphatic heterocycles. The first-order valence-electron chi connectivity index (χ1n) is 9.06. The summed E-state index contributed by atoms with van der Waals surface area (Å²) in [5.41, 5.74) is 1.25. The lowest BCUT2D eigenvalue weighted by Crippen LogP contribution is -2.17. The molecule has 4 rings (SSSR count). The number of anilines is 1. The van der Waals surface area contributed by atoms with Gasteiger partial charge in [-0.05, 0) is 43.4 Å². The van der Waals surface area contributed by atoms with E-state index in [4.69, 9.17) is 0 Å². The van der Waals surface area contributed by atoms with Crippen LogP contribution in [0.1, 0.15) is 49.6 Å². The van der Waals surface area contributed by atoms with Crippen LogP contribution >= 0.6 is 11.3 Å². The van der Waals surface area contributed by atoms with E-state index in [1.54, 1.807) is 24.3 Å². The molecule has 0 bridgehead atoms. The molecule has 0 saturated heterocycles. The molecule has 0 radical (unpaired) electrons. The van der Waals surface area contributed by atoms with E-state index in [2.05, 4.69) is 5.32 Å². The third kappa shape index (κ3) is 3.36. The number of halogens is 2. The standard InChI is InChI=1S/C22H17F2NO2S/c23-15-10-6-11-16(24)19(15)21(27)25-22-18(14-9-4-5-12-17(14)28-22)20(26)13-7-2-1-3-8-13/h1-3,6-8,10-11H,4-5,9,12H2,(H,25,27). The number of benzene rings is 2. The molecule has 3 aromatic rings. The highest BCUT2D eigenvalue weighted by molar-refractivity contribution is 7.17. The van der Waals surface area contributed by atoms with Gasteiger partial charge in [0.2, 0.25) is 0 Å². The van der Waals surface area contributed by atoms with Crippen molar-refractivity contribution in [1.82, 2.24) is 0 Å². The van der Waals surface area contributed by atoms with Gasteiger partial charge in [-0.3, -0.25) is 9.59 Å². The van der Waals surface area contributed by atoms with Crippen molar-refractivity contribution in [3.05, 3.63) is 87.3 Å². The Balaban J connectivity index is 1.76. The number of hydrogen-bond donors (Lipinski definition) is 1. The summed E-state index contributed by atoms with van der Waals surface area (Å²) in [4.78, 5) is 26.8. The molecule has 3 nitrogen and oxygen atoms in total. The third-order valence-corrected chi connectivity index (χ3v) is 6.06. The maximum Gasteiger partial charge on any atom is 0.262 e. The predicted molar refractivity (Wildman–Crippen MR) is 105 cm³/mol. The minimum Gasteiger partial charge on any atom is -0.313 e. The van der Waals surface area contributed by atoms with E-state index in [-0.39, 0.29) is 5.78 Å². The summed E-state index contributed by atoms with van der Waals surface area (Å²) >= 11 is 1.32. The van der Waals surface area contributed by atoms with Crippen molar-refractivity contribution >= 4 is 28.0 Å². The molecule has 1 aromatic heterocycles. The summed E-state index contributed by atoms with van der Waals surface area (Å²) in [6.45, 7) is 0. The van der Waals surface area contributed by atoms with Gasteiger partial charge in [0.1, 0.15) is 22.2 Å². The minimum absolute atomic E-state index is 0.190. The lowest BCUT2D eigenvalue weighted by atomic mass is 9.92. The molecule has 0 unspecified atom stereocenters. The van der Waals surface area contributed by atoms with Crippen LogP contribution in [0.25, 0.3) is 0 Å². The lowest BCUT2D eigenvalue weighted by Gasteiger charge is -2.13. The fourth-order valence-electron chi connectivity index (χ4n) is 3.51. The van der Waals surface area contributed by atoms with Crippen molar-refractivity contribution in [1.29, 1.82) is 0 Å². The fraction of sp³-hybridized carbons (Fsp3) is 0.182. The van der Waals surface area contributed by atoms with E-state index in [1.807, 2.05) is 6.07 Å². The van der Waals surface area contributed by atoms with E-state index in [9.17, 15) is 18.4 Å². The number of hydrogen-bond acceptors (Lipinski definition) is 3. The number of amides is 1. The van der Waals surface area contributed by atoms with Crippen LogP contribution in [0, 0.1) is 11.6 Å². The predicted octanol–water partition coefficient (Wildman–Crippen LogP) is 5.39. The molecule has 0 spiro atoms. The molecule has 28 heavy (non-hydrogen) atoms. The number of nitrogens with one attached hydrogen (secondary N) is 1. The third-order valence-electron chi connectivity index (χ3n) is 4.85. The second-order valence-corrected chi connectivity index (χ2v) is 7.77. The summed E-state index contributed by atoms with van der Waals surface area (Å²) in [7, 11) is 0. The number of rotatable bonds is 4. The largest absolute Gasteiger partial charge is 0.313 e. The van der Waals surface area contributed by atoms with Crippen molar-refractivity contribution < 1.29 is 18.4 Å². The lowest BCUT2D eigenvalue weighted by molar-refractivity contribution is 0.101. The number of thiophene rings is 1. The Labute approximate surface area is 165 Å². The quantitative estimate of drug-likeness (QED) is 0.600. The molecular weight excluding hydrogens is 380 g/mol. The molecule has 1 N–H and O–H groups in total. The molecule has 1 aliphatic rings. The molecular formula is C22H17F2NO2S. The first-order valence-corrected chi connectivity index (χ1v) is 9.87. The Morgan fingerprint density at radius 3 is 2.25 bits per heavy atom. The van der Waals surface area contributed by atoms with Gasteiger partial charge in [-0.2, -0.15) is 0 Å². The van der Waals surface area contributed by atoms with Crippen molar-refractivity contribution in [2.75, 3.05) is 5.32 Å². The number of aryl methyl sites for hydroxylation is 1. The number of ketones is 1. The first-order chi connectivity index (χ1) is 13.6. The van der Waals surface area contributed by atoms with Crippen LogP contribution in [0.5, 0.6) is 0 Å². The fourth-order valence-corrected chi connectivity index (χ4v) is 4.79.